The fourth-order valence-corrected chi connectivity index (χ4v) is 5.51. The molecule has 3 aliphatic heterocycles. The van der Waals surface area contributed by atoms with Crippen molar-refractivity contribution in [2.45, 2.75) is 56.7 Å². The molecular formula is C23H32N4O2. The van der Waals surface area contributed by atoms with Gasteiger partial charge in [-0.3, -0.25) is 19.4 Å². The molecule has 1 saturated carbocycles. The number of hydrogen-bond donors (Lipinski definition) is 1. The number of anilines is 1. The number of nitrogens with zero attached hydrogens (tertiary/aromatic N) is 3. The molecule has 2 saturated heterocycles. The minimum atomic E-state index is -0.0215. The van der Waals surface area contributed by atoms with E-state index < -0.39 is 0 Å². The second kappa shape index (κ2) is 7.73. The lowest BCUT2D eigenvalue weighted by Crippen LogP contribution is -2.50. The topological polar surface area (TPSA) is 55.9 Å². The molecule has 0 aromatic heterocycles. The van der Waals surface area contributed by atoms with Gasteiger partial charge in [-0.15, -0.1) is 0 Å². The van der Waals surface area contributed by atoms with E-state index in [4.69, 9.17) is 0 Å². The third-order valence-electron chi connectivity index (χ3n) is 7.42. The highest BCUT2D eigenvalue weighted by molar-refractivity contribution is 5.95. The molecule has 3 atom stereocenters. The van der Waals surface area contributed by atoms with Gasteiger partial charge in [0, 0.05) is 50.4 Å². The number of fused-ring (bicyclic) bond motifs is 2. The number of hydrogen-bond acceptors (Lipinski definition) is 4. The van der Waals surface area contributed by atoms with Crippen molar-refractivity contribution in [3.8, 4) is 0 Å². The first-order chi connectivity index (χ1) is 14.1. The van der Waals surface area contributed by atoms with E-state index in [1.54, 1.807) is 0 Å². The molecule has 2 amide bonds. The van der Waals surface area contributed by atoms with Crippen LogP contribution in [0.3, 0.4) is 0 Å². The summed E-state index contributed by atoms with van der Waals surface area (Å²) in [4.78, 5) is 32.5. The Hall–Kier alpha value is -1.92. The van der Waals surface area contributed by atoms with Gasteiger partial charge in [-0.25, -0.2) is 0 Å². The SMILES string of the molecule is CN1C(CCC(=O)N2CCc3ccccc32)CNC(=O)C2C1CCN2CC1CC1. The van der Waals surface area contributed by atoms with Crippen LogP contribution >= 0.6 is 0 Å². The Kier molecular flexibility index (Phi) is 5.08. The van der Waals surface area contributed by atoms with Crippen LogP contribution in [-0.2, 0) is 16.0 Å². The maximum Gasteiger partial charge on any atom is 0.239 e. The zero-order chi connectivity index (χ0) is 20.0. The van der Waals surface area contributed by atoms with Crippen LogP contribution in [0.4, 0.5) is 5.69 Å². The quantitative estimate of drug-likeness (QED) is 0.822. The lowest BCUT2D eigenvalue weighted by molar-refractivity contribution is -0.125. The highest BCUT2D eigenvalue weighted by Gasteiger charge is 2.46. The predicted octanol–water partition coefficient (Wildman–Crippen LogP) is 1.64. The van der Waals surface area contributed by atoms with Crippen molar-refractivity contribution in [1.29, 1.82) is 0 Å². The maximum absolute atomic E-state index is 12.9. The van der Waals surface area contributed by atoms with E-state index >= 15 is 0 Å². The van der Waals surface area contributed by atoms with E-state index in [1.807, 2.05) is 17.0 Å². The standard InChI is InChI=1S/C23H32N4O2/c1-25-18(8-9-21(28)27-13-10-17-4-2-3-5-19(17)27)14-24-23(29)22-20(25)11-12-26(22)15-16-6-7-16/h2-5,16,18,20,22H,6-15H2,1H3,(H,24,29). The first-order valence-corrected chi connectivity index (χ1v) is 11.2. The van der Waals surface area contributed by atoms with Gasteiger partial charge in [0.05, 0.1) is 0 Å². The molecule has 1 aliphatic carbocycles. The molecule has 3 heterocycles. The van der Waals surface area contributed by atoms with Crippen LogP contribution in [0.2, 0.25) is 0 Å². The lowest BCUT2D eigenvalue weighted by atomic mass is 10.0. The van der Waals surface area contributed by atoms with Crippen LogP contribution in [0.5, 0.6) is 0 Å². The van der Waals surface area contributed by atoms with Crippen molar-refractivity contribution in [3.63, 3.8) is 0 Å². The van der Waals surface area contributed by atoms with Gasteiger partial charge >= 0.3 is 0 Å². The Bertz CT molecular complexity index is 793. The number of likely N-dealkylation sites (tertiary alicyclic amines) is 1. The van der Waals surface area contributed by atoms with Crippen LogP contribution in [0.25, 0.3) is 0 Å². The van der Waals surface area contributed by atoms with Crippen LogP contribution in [0.1, 0.15) is 37.7 Å². The molecule has 1 N–H and O–H groups in total. The monoisotopic (exact) mass is 396 g/mol. The van der Waals surface area contributed by atoms with Gasteiger partial charge < -0.3 is 10.2 Å². The van der Waals surface area contributed by atoms with Gasteiger partial charge in [0.25, 0.3) is 0 Å². The number of carbonyl (C=O) groups is 2. The summed E-state index contributed by atoms with van der Waals surface area (Å²) in [6.07, 6.45) is 5.95. The number of nitrogens with one attached hydrogen (secondary N) is 1. The molecule has 1 aromatic rings. The number of benzene rings is 1. The van der Waals surface area contributed by atoms with Crippen molar-refractivity contribution in [2.24, 2.45) is 5.92 Å². The van der Waals surface area contributed by atoms with Gasteiger partial charge in [0.1, 0.15) is 6.04 Å². The van der Waals surface area contributed by atoms with Crippen molar-refractivity contribution < 1.29 is 9.59 Å². The highest BCUT2D eigenvalue weighted by Crippen LogP contribution is 2.34. The maximum atomic E-state index is 12.9. The predicted molar refractivity (Wildman–Crippen MR) is 113 cm³/mol. The molecule has 0 radical (unpaired) electrons. The highest BCUT2D eigenvalue weighted by atomic mass is 16.2. The van der Waals surface area contributed by atoms with Gasteiger partial charge in [0.2, 0.25) is 11.8 Å². The molecule has 0 bridgehead atoms. The molecule has 3 fully saturated rings. The second-order valence-corrected chi connectivity index (χ2v) is 9.27. The lowest BCUT2D eigenvalue weighted by Gasteiger charge is -2.33. The van der Waals surface area contributed by atoms with Crippen molar-refractivity contribution in [3.05, 3.63) is 29.8 Å². The molecule has 0 spiro atoms. The summed E-state index contributed by atoms with van der Waals surface area (Å²) in [5, 5.41) is 3.18. The van der Waals surface area contributed by atoms with E-state index in [0.717, 1.165) is 50.5 Å². The smallest absolute Gasteiger partial charge is 0.239 e. The molecule has 1 aromatic carbocycles. The van der Waals surface area contributed by atoms with Crippen LogP contribution in [0, 0.1) is 5.92 Å². The Balaban J connectivity index is 1.22. The Morgan fingerprint density at radius 3 is 2.83 bits per heavy atom. The summed E-state index contributed by atoms with van der Waals surface area (Å²) in [5.74, 6) is 1.19. The average Bonchev–Trinajstić information content (AvgIpc) is 3.31. The average molecular weight is 397 g/mol. The molecule has 6 heteroatoms. The van der Waals surface area contributed by atoms with Gasteiger partial charge in [0.15, 0.2) is 0 Å². The summed E-state index contributed by atoms with van der Waals surface area (Å²) in [5.41, 5.74) is 2.34. The Morgan fingerprint density at radius 2 is 2.00 bits per heavy atom. The van der Waals surface area contributed by atoms with Crippen LogP contribution < -0.4 is 10.2 Å². The van der Waals surface area contributed by atoms with E-state index in [9.17, 15) is 9.59 Å². The molecule has 4 aliphatic rings. The molecule has 29 heavy (non-hydrogen) atoms. The first-order valence-electron chi connectivity index (χ1n) is 11.2. The molecule has 5 rings (SSSR count). The minimum Gasteiger partial charge on any atom is -0.353 e. The van der Waals surface area contributed by atoms with Gasteiger partial charge in [-0.05, 0) is 56.7 Å². The van der Waals surface area contributed by atoms with Gasteiger partial charge in [-0.1, -0.05) is 18.2 Å². The summed E-state index contributed by atoms with van der Waals surface area (Å²) in [7, 11) is 2.15. The normalized spacial score (nSPS) is 30.0. The number of likely N-dealkylation sites (N-methyl/N-ethyl adjacent to an activating group) is 1. The van der Waals surface area contributed by atoms with Crippen molar-refractivity contribution >= 4 is 17.5 Å². The zero-order valence-corrected chi connectivity index (χ0v) is 17.3. The van der Waals surface area contributed by atoms with E-state index in [1.165, 1.54) is 18.4 Å². The number of para-hydroxylation sites is 1. The zero-order valence-electron chi connectivity index (χ0n) is 17.3. The Labute approximate surface area is 173 Å². The van der Waals surface area contributed by atoms with Crippen LogP contribution in [0.15, 0.2) is 24.3 Å². The number of amides is 2. The van der Waals surface area contributed by atoms with Crippen molar-refractivity contribution in [1.82, 2.24) is 15.1 Å². The molecule has 156 valence electrons. The summed E-state index contributed by atoms with van der Waals surface area (Å²) in [6, 6.07) is 8.68. The Morgan fingerprint density at radius 1 is 1.17 bits per heavy atom. The minimum absolute atomic E-state index is 0.0215. The van der Waals surface area contributed by atoms with Crippen LogP contribution in [-0.4, -0.2) is 73.0 Å². The van der Waals surface area contributed by atoms with E-state index in [-0.39, 0.29) is 29.9 Å². The van der Waals surface area contributed by atoms with Crippen molar-refractivity contribution in [2.75, 3.05) is 38.1 Å². The molecular weight excluding hydrogens is 364 g/mol. The number of carbonyl (C=O) groups excluding carboxylic acids is 2. The fourth-order valence-electron chi connectivity index (χ4n) is 5.51. The van der Waals surface area contributed by atoms with E-state index in [2.05, 4.69) is 34.3 Å². The fraction of sp³-hybridized carbons (Fsp3) is 0.652. The summed E-state index contributed by atoms with van der Waals surface area (Å²) in [6.45, 7) is 3.51. The summed E-state index contributed by atoms with van der Waals surface area (Å²) >= 11 is 0. The second-order valence-electron chi connectivity index (χ2n) is 9.27. The largest absolute Gasteiger partial charge is 0.353 e. The summed E-state index contributed by atoms with van der Waals surface area (Å²) < 4.78 is 0. The van der Waals surface area contributed by atoms with Gasteiger partial charge in [-0.2, -0.15) is 0 Å². The number of rotatable bonds is 5. The van der Waals surface area contributed by atoms with E-state index in [0.29, 0.717) is 13.0 Å². The first kappa shape index (κ1) is 19.1. The molecule has 6 nitrogen and oxygen atoms in total. The third kappa shape index (κ3) is 3.68. The third-order valence-corrected chi connectivity index (χ3v) is 7.42. The molecule has 3 unspecified atom stereocenters.